The monoisotopic (exact) mass is 540 g/mol. The number of amides is 3. The van der Waals surface area contributed by atoms with Gasteiger partial charge in [0.1, 0.15) is 16.1 Å². The molecule has 2 fully saturated rings. The molecule has 2 aliphatic heterocycles. The molecular formula is C23H33IN4O3. The van der Waals surface area contributed by atoms with E-state index < -0.39 is 16.1 Å². The van der Waals surface area contributed by atoms with Gasteiger partial charge in [-0.3, -0.25) is 14.4 Å². The standard InChI is InChI=1S/C23H33IN4O3/c1-15(2)18(26-21(29)20(24)25-3)22(30)28-14-11-17-10-13-27(23(31)19(17)28)12-9-16-7-5-4-6-8-16/h4-8,15,17-20,25H,9-14H2,1-3H3,(H,26,29)/t17-,18+,19+,20-/m1/s1. The molecule has 0 unspecified atom stereocenters. The second-order valence-corrected chi connectivity index (χ2v) is 10.0. The van der Waals surface area contributed by atoms with E-state index in [0.29, 0.717) is 13.1 Å². The number of carbonyl (C=O) groups excluding carboxylic acids is 3. The van der Waals surface area contributed by atoms with Gasteiger partial charge in [-0.2, -0.15) is 0 Å². The molecule has 8 heteroatoms. The fourth-order valence-electron chi connectivity index (χ4n) is 4.54. The number of carbonyl (C=O) groups is 3. The first-order valence-corrected chi connectivity index (χ1v) is 12.3. The molecule has 4 atom stereocenters. The van der Waals surface area contributed by atoms with Crippen LogP contribution in [0.25, 0.3) is 0 Å². The Morgan fingerprint density at radius 2 is 1.84 bits per heavy atom. The summed E-state index contributed by atoms with van der Waals surface area (Å²) in [5, 5.41) is 5.78. The van der Waals surface area contributed by atoms with Gasteiger partial charge in [0.25, 0.3) is 0 Å². The Morgan fingerprint density at radius 1 is 1.16 bits per heavy atom. The Balaban J connectivity index is 1.69. The average Bonchev–Trinajstić information content (AvgIpc) is 3.21. The van der Waals surface area contributed by atoms with E-state index in [1.165, 1.54) is 5.56 Å². The quantitative estimate of drug-likeness (QED) is 0.300. The van der Waals surface area contributed by atoms with E-state index in [1.54, 1.807) is 11.9 Å². The first-order valence-electron chi connectivity index (χ1n) is 11.1. The minimum atomic E-state index is -0.635. The molecule has 7 nitrogen and oxygen atoms in total. The lowest BCUT2D eigenvalue weighted by atomic mass is 9.90. The Kier molecular flexibility index (Phi) is 8.32. The zero-order valence-corrected chi connectivity index (χ0v) is 20.7. The molecule has 3 amide bonds. The summed E-state index contributed by atoms with van der Waals surface area (Å²) in [4.78, 5) is 42.8. The van der Waals surface area contributed by atoms with Crippen LogP contribution in [-0.4, -0.2) is 70.3 Å². The lowest BCUT2D eigenvalue weighted by molar-refractivity contribution is -0.149. The van der Waals surface area contributed by atoms with E-state index in [4.69, 9.17) is 0 Å². The Hall–Kier alpha value is -1.68. The number of benzene rings is 1. The van der Waals surface area contributed by atoms with Crippen molar-refractivity contribution in [1.82, 2.24) is 20.4 Å². The van der Waals surface area contributed by atoms with Crippen LogP contribution in [0.1, 0.15) is 32.3 Å². The first-order chi connectivity index (χ1) is 14.8. The van der Waals surface area contributed by atoms with Crippen molar-refractivity contribution in [3.8, 4) is 0 Å². The number of hydrogen-bond acceptors (Lipinski definition) is 4. The number of halogens is 1. The minimum Gasteiger partial charge on any atom is -0.342 e. The Morgan fingerprint density at radius 3 is 2.48 bits per heavy atom. The molecule has 2 heterocycles. The van der Waals surface area contributed by atoms with Gasteiger partial charge >= 0.3 is 0 Å². The van der Waals surface area contributed by atoms with Gasteiger partial charge in [-0.25, -0.2) is 0 Å². The largest absolute Gasteiger partial charge is 0.342 e. The highest BCUT2D eigenvalue weighted by Crippen LogP contribution is 2.33. The van der Waals surface area contributed by atoms with E-state index in [1.807, 2.05) is 59.5 Å². The maximum Gasteiger partial charge on any atom is 0.247 e. The highest BCUT2D eigenvalue weighted by atomic mass is 127. The number of nitrogens with zero attached hydrogens (tertiary/aromatic N) is 2. The second-order valence-electron chi connectivity index (χ2n) is 8.76. The maximum atomic E-state index is 13.4. The van der Waals surface area contributed by atoms with Crippen molar-refractivity contribution in [3.05, 3.63) is 35.9 Å². The second kappa shape index (κ2) is 10.8. The summed E-state index contributed by atoms with van der Waals surface area (Å²) in [7, 11) is 1.71. The van der Waals surface area contributed by atoms with Crippen LogP contribution in [0.15, 0.2) is 30.3 Å². The van der Waals surface area contributed by atoms with E-state index >= 15 is 0 Å². The third-order valence-electron chi connectivity index (χ3n) is 6.37. The van der Waals surface area contributed by atoms with Gasteiger partial charge in [0.05, 0.1) is 0 Å². The number of hydrogen-bond donors (Lipinski definition) is 2. The van der Waals surface area contributed by atoms with Crippen molar-refractivity contribution in [2.45, 2.75) is 49.2 Å². The molecule has 1 aromatic rings. The smallest absolute Gasteiger partial charge is 0.247 e. The predicted octanol–water partition coefficient (Wildman–Crippen LogP) is 1.80. The van der Waals surface area contributed by atoms with Crippen LogP contribution in [0.2, 0.25) is 0 Å². The van der Waals surface area contributed by atoms with Crippen LogP contribution < -0.4 is 10.6 Å². The first kappa shape index (κ1) is 24.0. The molecule has 2 aliphatic rings. The topological polar surface area (TPSA) is 81.8 Å². The number of fused-ring (bicyclic) bond motifs is 1. The van der Waals surface area contributed by atoms with Crippen LogP contribution in [0.5, 0.6) is 0 Å². The van der Waals surface area contributed by atoms with E-state index in [2.05, 4.69) is 22.8 Å². The van der Waals surface area contributed by atoms with Gasteiger partial charge in [-0.15, -0.1) is 0 Å². The molecule has 0 radical (unpaired) electrons. The van der Waals surface area contributed by atoms with Crippen LogP contribution in [0.4, 0.5) is 0 Å². The van der Waals surface area contributed by atoms with Gasteiger partial charge in [0, 0.05) is 19.6 Å². The van der Waals surface area contributed by atoms with E-state index in [-0.39, 0.29) is 29.6 Å². The SMILES string of the molecule is CN[C@@H](I)C(=O)N[C@H](C(=O)N1CC[C@H]2CCN(CCc3ccccc3)C(=O)[C@H]21)C(C)C. The number of nitrogens with one attached hydrogen (secondary N) is 2. The summed E-state index contributed by atoms with van der Waals surface area (Å²) >= 11 is 2.00. The molecule has 3 rings (SSSR count). The summed E-state index contributed by atoms with van der Waals surface area (Å²) < 4.78 is -0.414. The molecule has 2 N–H and O–H groups in total. The highest BCUT2D eigenvalue weighted by Gasteiger charge is 2.47. The van der Waals surface area contributed by atoms with Crippen molar-refractivity contribution in [1.29, 1.82) is 0 Å². The summed E-state index contributed by atoms with van der Waals surface area (Å²) in [5.41, 5.74) is 1.21. The lowest BCUT2D eigenvalue weighted by Crippen LogP contribution is -2.59. The number of piperidine rings is 1. The lowest BCUT2D eigenvalue weighted by Gasteiger charge is -2.39. The fourth-order valence-corrected chi connectivity index (χ4v) is 4.72. The van der Waals surface area contributed by atoms with Crippen molar-refractivity contribution in [2.24, 2.45) is 11.8 Å². The minimum absolute atomic E-state index is 0.0499. The maximum absolute atomic E-state index is 13.4. The number of likely N-dealkylation sites (N-methyl/N-ethyl adjacent to an activating group) is 1. The zero-order valence-electron chi connectivity index (χ0n) is 18.5. The summed E-state index contributed by atoms with van der Waals surface area (Å²) in [5.74, 6) is -0.167. The predicted molar refractivity (Wildman–Crippen MR) is 129 cm³/mol. The number of likely N-dealkylation sites (tertiary alicyclic amines) is 2. The van der Waals surface area contributed by atoms with E-state index in [0.717, 1.165) is 25.8 Å². The molecule has 0 aliphatic carbocycles. The van der Waals surface area contributed by atoms with Crippen LogP contribution in [-0.2, 0) is 20.8 Å². The van der Waals surface area contributed by atoms with Gasteiger partial charge in [-0.1, -0.05) is 66.8 Å². The Labute approximate surface area is 198 Å². The molecule has 0 bridgehead atoms. The summed E-state index contributed by atoms with van der Waals surface area (Å²) in [6.07, 6.45) is 2.58. The van der Waals surface area contributed by atoms with Crippen molar-refractivity contribution < 1.29 is 14.4 Å². The molecule has 170 valence electrons. The van der Waals surface area contributed by atoms with Crippen molar-refractivity contribution in [2.75, 3.05) is 26.7 Å². The molecule has 1 aromatic carbocycles. The number of alkyl halides is 1. The van der Waals surface area contributed by atoms with Crippen LogP contribution in [0.3, 0.4) is 0 Å². The molecule has 0 aromatic heterocycles. The van der Waals surface area contributed by atoms with Gasteiger partial charge < -0.3 is 20.4 Å². The van der Waals surface area contributed by atoms with Gasteiger partial charge in [0.15, 0.2) is 0 Å². The normalized spacial score (nSPS) is 22.9. The number of rotatable bonds is 8. The third kappa shape index (κ3) is 5.58. The third-order valence-corrected chi connectivity index (χ3v) is 7.56. The highest BCUT2D eigenvalue weighted by molar-refractivity contribution is 14.1. The fraction of sp³-hybridized carbons (Fsp3) is 0.609. The molecule has 2 saturated heterocycles. The molecule has 0 saturated carbocycles. The molecule has 31 heavy (non-hydrogen) atoms. The van der Waals surface area contributed by atoms with Crippen molar-refractivity contribution >= 4 is 40.3 Å². The van der Waals surface area contributed by atoms with Gasteiger partial charge in [0.2, 0.25) is 17.7 Å². The zero-order chi connectivity index (χ0) is 22.5. The van der Waals surface area contributed by atoms with E-state index in [9.17, 15) is 14.4 Å². The van der Waals surface area contributed by atoms with Crippen molar-refractivity contribution in [3.63, 3.8) is 0 Å². The van der Waals surface area contributed by atoms with Crippen LogP contribution in [0, 0.1) is 11.8 Å². The van der Waals surface area contributed by atoms with Crippen LogP contribution >= 0.6 is 22.6 Å². The Bertz CT molecular complexity index is 788. The summed E-state index contributed by atoms with van der Waals surface area (Å²) in [6, 6.07) is 9.11. The average molecular weight is 540 g/mol. The van der Waals surface area contributed by atoms with Gasteiger partial charge in [-0.05, 0) is 43.7 Å². The summed E-state index contributed by atoms with van der Waals surface area (Å²) in [6.45, 7) is 5.83. The molecule has 0 spiro atoms. The molecular weight excluding hydrogens is 507 g/mol.